The van der Waals surface area contributed by atoms with Crippen molar-refractivity contribution in [2.45, 2.75) is 38.6 Å². The number of hydrogen-bond donors (Lipinski definition) is 1. The highest BCUT2D eigenvalue weighted by atomic mass is 16.4. The van der Waals surface area contributed by atoms with Crippen LogP contribution in [0.3, 0.4) is 0 Å². The van der Waals surface area contributed by atoms with Crippen molar-refractivity contribution in [2.75, 3.05) is 7.05 Å². The van der Waals surface area contributed by atoms with Gasteiger partial charge in [0.15, 0.2) is 0 Å². The highest BCUT2D eigenvalue weighted by molar-refractivity contribution is 5.87. The number of allylic oxidation sites excluding steroid dienone is 2. The number of amides is 1. The fraction of sp³-hybridized carbons (Fsp3) is 0.667. The van der Waals surface area contributed by atoms with Gasteiger partial charge in [0.05, 0.1) is 0 Å². The second-order valence-corrected chi connectivity index (χ2v) is 4.74. The lowest BCUT2D eigenvalue weighted by Gasteiger charge is -2.34. The molecule has 1 unspecified atom stereocenters. The summed E-state index contributed by atoms with van der Waals surface area (Å²) in [5, 5.41) is 9.05. The van der Waals surface area contributed by atoms with E-state index in [0.717, 1.165) is 19.3 Å². The lowest BCUT2D eigenvalue weighted by atomic mass is 9.91. The van der Waals surface area contributed by atoms with Gasteiger partial charge in [-0.25, -0.2) is 4.79 Å². The molecule has 0 spiro atoms. The first kappa shape index (κ1) is 12.7. The molecule has 1 aliphatic rings. The summed E-state index contributed by atoms with van der Waals surface area (Å²) in [6, 6.07) is 0. The van der Waals surface area contributed by atoms with Gasteiger partial charge in [-0.05, 0) is 33.1 Å². The minimum Gasteiger partial charge on any atom is -0.480 e. The maximum Gasteiger partial charge on any atom is 0.329 e. The van der Waals surface area contributed by atoms with Gasteiger partial charge in [-0.3, -0.25) is 4.79 Å². The summed E-state index contributed by atoms with van der Waals surface area (Å²) in [5.41, 5.74) is -1.14. The monoisotopic (exact) mass is 225 g/mol. The van der Waals surface area contributed by atoms with E-state index in [-0.39, 0.29) is 11.8 Å². The van der Waals surface area contributed by atoms with Crippen molar-refractivity contribution >= 4 is 11.9 Å². The van der Waals surface area contributed by atoms with Crippen LogP contribution in [-0.2, 0) is 9.59 Å². The number of carboxylic acid groups (broad SMARTS) is 1. The van der Waals surface area contributed by atoms with Gasteiger partial charge < -0.3 is 10.0 Å². The molecule has 0 radical (unpaired) electrons. The van der Waals surface area contributed by atoms with E-state index in [0.29, 0.717) is 0 Å². The molecule has 1 N–H and O–H groups in total. The molecule has 0 aromatic rings. The predicted octanol–water partition coefficient (Wildman–Crippen LogP) is 1.66. The minimum atomic E-state index is -1.14. The number of nitrogens with zero attached hydrogens (tertiary/aromatic N) is 1. The van der Waals surface area contributed by atoms with Crippen LogP contribution in [0.4, 0.5) is 0 Å². The third-order valence-corrected chi connectivity index (χ3v) is 3.31. The molecule has 1 rings (SSSR count). The van der Waals surface area contributed by atoms with Crippen molar-refractivity contribution < 1.29 is 14.7 Å². The quantitative estimate of drug-likeness (QED) is 0.743. The maximum absolute atomic E-state index is 12.1. The van der Waals surface area contributed by atoms with Crippen LogP contribution in [0.1, 0.15) is 33.1 Å². The zero-order valence-electron chi connectivity index (χ0n) is 10.1. The molecular formula is C12H19NO3. The second-order valence-electron chi connectivity index (χ2n) is 4.74. The Morgan fingerprint density at radius 2 is 2.00 bits per heavy atom. The van der Waals surface area contributed by atoms with E-state index in [1.165, 1.54) is 4.90 Å². The van der Waals surface area contributed by atoms with Crippen LogP contribution < -0.4 is 0 Å². The van der Waals surface area contributed by atoms with E-state index in [1.807, 2.05) is 6.08 Å². The lowest BCUT2D eigenvalue weighted by Crippen LogP contribution is -2.52. The molecule has 0 aromatic heterocycles. The summed E-state index contributed by atoms with van der Waals surface area (Å²) in [4.78, 5) is 24.5. The topological polar surface area (TPSA) is 57.6 Å². The zero-order chi connectivity index (χ0) is 12.3. The van der Waals surface area contributed by atoms with Crippen LogP contribution in [0.25, 0.3) is 0 Å². The first-order valence-electron chi connectivity index (χ1n) is 5.53. The Kier molecular flexibility index (Phi) is 3.73. The van der Waals surface area contributed by atoms with Crippen molar-refractivity contribution in [3.05, 3.63) is 12.2 Å². The minimum absolute atomic E-state index is 0.0615. The van der Waals surface area contributed by atoms with Crippen LogP contribution in [0, 0.1) is 5.92 Å². The molecule has 0 heterocycles. The first-order valence-corrected chi connectivity index (χ1v) is 5.53. The van der Waals surface area contributed by atoms with Crippen molar-refractivity contribution in [2.24, 2.45) is 5.92 Å². The van der Waals surface area contributed by atoms with Crippen LogP contribution in [0.15, 0.2) is 12.2 Å². The molecule has 4 heteroatoms. The van der Waals surface area contributed by atoms with Crippen molar-refractivity contribution in [1.82, 2.24) is 4.90 Å². The molecule has 0 saturated heterocycles. The van der Waals surface area contributed by atoms with Gasteiger partial charge in [0, 0.05) is 13.0 Å². The van der Waals surface area contributed by atoms with Crippen molar-refractivity contribution in [3.63, 3.8) is 0 Å². The van der Waals surface area contributed by atoms with Gasteiger partial charge in [0.1, 0.15) is 5.54 Å². The normalized spacial score (nSPS) is 20.6. The molecule has 1 aliphatic carbocycles. The maximum atomic E-state index is 12.1. The van der Waals surface area contributed by atoms with Crippen molar-refractivity contribution in [1.29, 1.82) is 0 Å². The summed E-state index contributed by atoms with van der Waals surface area (Å²) in [6.45, 7) is 3.10. The number of carbonyl (C=O) groups is 2. The zero-order valence-corrected chi connectivity index (χ0v) is 10.1. The molecule has 0 aromatic carbocycles. The van der Waals surface area contributed by atoms with Crippen LogP contribution in [0.2, 0.25) is 0 Å². The Bertz CT molecular complexity index is 320. The van der Waals surface area contributed by atoms with E-state index in [2.05, 4.69) is 6.08 Å². The molecule has 1 atom stereocenters. The number of rotatable bonds is 3. The van der Waals surface area contributed by atoms with E-state index in [1.54, 1.807) is 20.9 Å². The highest BCUT2D eigenvalue weighted by Gasteiger charge is 2.37. The average molecular weight is 225 g/mol. The standard InChI is InChI=1S/C12H19NO3/c1-12(2,11(15)16)13(3)10(14)9-7-5-4-6-8-9/h4-5,9H,6-8H2,1-3H3,(H,15,16). The largest absolute Gasteiger partial charge is 0.480 e. The Morgan fingerprint density at radius 1 is 1.38 bits per heavy atom. The number of likely N-dealkylation sites (N-methyl/N-ethyl adjacent to an activating group) is 1. The number of aliphatic carboxylic acids is 1. The van der Waals surface area contributed by atoms with Gasteiger partial charge in [-0.2, -0.15) is 0 Å². The van der Waals surface area contributed by atoms with Gasteiger partial charge in [0.25, 0.3) is 0 Å². The fourth-order valence-corrected chi connectivity index (χ4v) is 1.71. The average Bonchev–Trinajstić information content (AvgIpc) is 2.28. The number of hydrogen-bond acceptors (Lipinski definition) is 2. The van der Waals surface area contributed by atoms with Gasteiger partial charge in [0.2, 0.25) is 5.91 Å². The summed E-state index contributed by atoms with van der Waals surface area (Å²) in [7, 11) is 1.56. The number of carboxylic acids is 1. The van der Waals surface area contributed by atoms with Gasteiger partial charge in [-0.15, -0.1) is 0 Å². The van der Waals surface area contributed by atoms with E-state index in [9.17, 15) is 9.59 Å². The molecule has 16 heavy (non-hydrogen) atoms. The predicted molar refractivity (Wildman–Crippen MR) is 61.0 cm³/mol. The van der Waals surface area contributed by atoms with E-state index in [4.69, 9.17) is 5.11 Å². The smallest absolute Gasteiger partial charge is 0.329 e. The van der Waals surface area contributed by atoms with Crippen LogP contribution >= 0.6 is 0 Å². The Labute approximate surface area is 95.9 Å². The lowest BCUT2D eigenvalue weighted by molar-refractivity contribution is -0.157. The second kappa shape index (κ2) is 4.68. The van der Waals surface area contributed by atoms with Gasteiger partial charge in [-0.1, -0.05) is 12.2 Å². The molecule has 1 amide bonds. The third-order valence-electron chi connectivity index (χ3n) is 3.31. The van der Waals surface area contributed by atoms with Crippen LogP contribution in [-0.4, -0.2) is 34.5 Å². The number of carbonyl (C=O) groups excluding carboxylic acids is 1. The molecular weight excluding hydrogens is 206 g/mol. The van der Waals surface area contributed by atoms with E-state index >= 15 is 0 Å². The molecule has 0 aliphatic heterocycles. The fourth-order valence-electron chi connectivity index (χ4n) is 1.71. The summed E-state index contributed by atoms with van der Waals surface area (Å²) in [6.07, 6.45) is 6.49. The molecule has 0 saturated carbocycles. The van der Waals surface area contributed by atoms with Gasteiger partial charge >= 0.3 is 5.97 Å². The molecule has 0 fully saturated rings. The third kappa shape index (κ3) is 2.43. The summed E-state index contributed by atoms with van der Waals surface area (Å²) >= 11 is 0. The molecule has 0 bridgehead atoms. The Morgan fingerprint density at radius 3 is 2.44 bits per heavy atom. The Hall–Kier alpha value is -1.32. The SMILES string of the molecule is CN(C(=O)C1CC=CCC1)C(C)(C)C(=O)O. The summed E-state index contributed by atoms with van der Waals surface area (Å²) in [5.74, 6) is -1.11. The highest BCUT2D eigenvalue weighted by Crippen LogP contribution is 2.23. The Balaban J connectivity index is 2.73. The molecule has 90 valence electrons. The first-order chi connectivity index (χ1) is 7.37. The summed E-state index contributed by atoms with van der Waals surface area (Å²) < 4.78 is 0. The van der Waals surface area contributed by atoms with E-state index < -0.39 is 11.5 Å². The van der Waals surface area contributed by atoms with Crippen LogP contribution in [0.5, 0.6) is 0 Å². The molecule has 4 nitrogen and oxygen atoms in total. The van der Waals surface area contributed by atoms with Crippen molar-refractivity contribution in [3.8, 4) is 0 Å².